The fourth-order valence-electron chi connectivity index (χ4n) is 2.10. The van der Waals surface area contributed by atoms with Gasteiger partial charge >= 0.3 is 0 Å². The van der Waals surface area contributed by atoms with Crippen LogP contribution in [0.25, 0.3) is 0 Å². The summed E-state index contributed by atoms with van der Waals surface area (Å²) < 4.78 is 0. The predicted molar refractivity (Wildman–Crippen MR) is 82.9 cm³/mol. The molecular weight excluding hydrogens is 270 g/mol. The summed E-state index contributed by atoms with van der Waals surface area (Å²) in [6, 6.07) is 4.43. The van der Waals surface area contributed by atoms with Gasteiger partial charge in [0.2, 0.25) is 0 Å². The molecule has 0 aliphatic heterocycles. The fourth-order valence-corrected chi connectivity index (χ4v) is 2.90. The molecule has 1 aromatic rings. The minimum Gasteiger partial charge on any atom is -0.350 e. The van der Waals surface area contributed by atoms with Gasteiger partial charge in [-0.05, 0) is 31.5 Å². The van der Waals surface area contributed by atoms with Crippen molar-refractivity contribution in [2.45, 2.75) is 25.8 Å². The van der Waals surface area contributed by atoms with Gasteiger partial charge in [0.05, 0.1) is 16.3 Å². The normalized spacial score (nSPS) is 13.9. The second-order valence-corrected chi connectivity index (χ2v) is 5.87. The van der Waals surface area contributed by atoms with E-state index in [0.29, 0.717) is 18.0 Å². The molecule has 1 aromatic heterocycles. The van der Waals surface area contributed by atoms with E-state index in [0.717, 1.165) is 24.0 Å². The molecule has 0 saturated heterocycles. The van der Waals surface area contributed by atoms with Crippen molar-refractivity contribution < 1.29 is 4.79 Å². The number of carbonyl (C=O) groups is 1. The van der Waals surface area contributed by atoms with Gasteiger partial charge in [0, 0.05) is 19.1 Å². The van der Waals surface area contributed by atoms with E-state index < -0.39 is 0 Å². The average Bonchev–Trinajstić information content (AvgIpc) is 3.18. The molecule has 2 rings (SSSR count). The van der Waals surface area contributed by atoms with Gasteiger partial charge in [0.15, 0.2) is 0 Å². The van der Waals surface area contributed by atoms with Crippen LogP contribution in [0.1, 0.15) is 34.3 Å². The highest BCUT2D eigenvalue weighted by molar-refractivity contribution is 7.14. The number of likely N-dealkylation sites (N-methyl/N-ethyl adjacent to an activating group) is 1. The summed E-state index contributed by atoms with van der Waals surface area (Å²) in [5, 5.41) is 2.97. The van der Waals surface area contributed by atoms with Gasteiger partial charge < -0.3 is 11.1 Å². The molecule has 1 aliphatic rings. The minimum atomic E-state index is -0.0114. The maximum absolute atomic E-state index is 12.0. The Labute approximate surface area is 124 Å². The van der Waals surface area contributed by atoms with Crippen molar-refractivity contribution in [2.75, 3.05) is 26.2 Å². The highest BCUT2D eigenvalue weighted by Gasteiger charge is 2.27. The van der Waals surface area contributed by atoms with Crippen molar-refractivity contribution in [3.8, 4) is 11.8 Å². The molecule has 5 heteroatoms. The lowest BCUT2D eigenvalue weighted by Crippen LogP contribution is -2.35. The van der Waals surface area contributed by atoms with Crippen LogP contribution in [-0.4, -0.2) is 43.0 Å². The van der Waals surface area contributed by atoms with Crippen LogP contribution in [0.15, 0.2) is 12.1 Å². The van der Waals surface area contributed by atoms with Crippen LogP contribution in [-0.2, 0) is 0 Å². The highest BCUT2D eigenvalue weighted by Crippen LogP contribution is 2.25. The van der Waals surface area contributed by atoms with Crippen molar-refractivity contribution in [2.24, 2.45) is 5.73 Å². The lowest BCUT2D eigenvalue weighted by molar-refractivity contribution is 0.0952. The van der Waals surface area contributed by atoms with Gasteiger partial charge in [0.25, 0.3) is 5.91 Å². The molecule has 108 valence electrons. The Bertz CT molecular complexity index is 511. The van der Waals surface area contributed by atoms with Crippen molar-refractivity contribution >= 4 is 17.2 Å². The molecule has 1 saturated carbocycles. The first-order chi connectivity index (χ1) is 9.74. The molecule has 0 aromatic carbocycles. The fraction of sp³-hybridized carbons (Fsp3) is 0.533. The molecule has 0 atom stereocenters. The molecule has 3 N–H and O–H groups in total. The maximum atomic E-state index is 12.0. The van der Waals surface area contributed by atoms with Crippen LogP contribution in [0.3, 0.4) is 0 Å². The molecule has 0 radical (unpaired) electrons. The van der Waals surface area contributed by atoms with Crippen LogP contribution in [0.4, 0.5) is 0 Å². The van der Waals surface area contributed by atoms with E-state index in [2.05, 4.69) is 29.0 Å². The molecule has 1 amide bonds. The van der Waals surface area contributed by atoms with Crippen molar-refractivity contribution in [3.63, 3.8) is 0 Å². The van der Waals surface area contributed by atoms with Gasteiger partial charge in [-0.25, -0.2) is 0 Å². The predicted octanol–water partition coefficient (Wildman–Crippen LogP) is 1.27. The monoisotopic (exact) mass is 291 g/mol. The van der Waals surface area contributed by atoms with E-state index in [1.807, 2.05) is 12.1 Å². The molecule has 1 fully saturated rings. The summed E-state index contributed by atoms with van der Waals surface area (Å²) in [4.78, 5) is 16.0. The zero-order valence-corrected chi connectivity index (χ0v) is 12.6. The van der Waals surface area contributed by atoms with E-state index in [-0.39, 0.29) is 5.91 Å². The van der Waals surface area contributed by atoms with Gasteiger partial charge in [-0.3, -0.25) is 9.69 Å². The smallest absolute Gasteiger partial charge is 0.261 e. The molecule has 4 nitrogen and oxygen atoms in total. The topological polar surface area (TPSA) is 58.4 Å². The number of rotatable bonds is 6. The lowest BCUT2D eigenvalue weighted by atomic mass is 10.4. The molecule has 0 unspecified atom stereocenters. The molecule has 0 spiro atoms. The zero-order chi connectivity index (χ0) is 14.4. The van der Waals surface area contributed by atoms with Crippen LogP contribution >= 0.6 is 11.3 Å². The van der Waals surface area contributed by atoms with Gasteiger partial charge in [-0.2, -0.15) is 0 Å². The van der Waals surface area contributed by atoms with Crippen molar-refractivity contribution in [3.05, 3.63) is 21.9 Å². The first kappa shape index (κ1) is 15.0. The number of hydrogen-bond donors (Lipinski definition) is 2. The van der Waals surface area contributed by atoms with Crippen LogP contribution in [0, 0.1) is 11.8 Å². The third kappa shape index (κ3) is 4.34. The van der Waals surface area contributed by atoms with Crippen LogP contribution in [0.5, 0.6) is 0 Å². The Kier molecular flexibility index (Phi) is 5.60. The number of nitrogens with two attached hydrogens (primary N) is 1. The molecule has 20 heavy (non-hydrogen) atoms. The number of nitrogens with zero attached hydrogens (tertiary/aromatic N) is 1. The summed E-state index contributed by atoms with van der Waals surface area (Å²) in [5.41, 5.74) is 5.33. The van der Waals surface area contributed by atoms with E-state index >= 15 is 0 Å². The Balaban J connectivity index is 1.77. The summed E-state index contributed by atoms with van der Waals surface area (Å²) in [5.74, 6) is 5.72. The summed E-state index contributed by atoms with van der Waals surface area (Å²) in [6.45, 7) is 5.19. The highest BCUT2D eigenvalue weighted by atomic mass is 32.1. The zero-order valence-electron chi connectivity index (χ0n) is 11.8. The number of carbonyl (C=O) groups excluding carboxylic acids is 1. The van der Waals surface area contributed by atoms with Gasteiger partial charge in [0.1, 0.15) is 0 Å². The second-order valence-electron chi connectivity index (χ2n) is 4.79. The number of thiophene rings is 1. The van der Waals surface area contributed by atoms with Gasteiger partial charge in [-0.15, -0.1) is 11.3 Å². The first-order valence-electron chi connectivity index (χ1n) is 7.05. The van der Waals surface area contributed by atoms with E-state index in [1.165, 1.54) is 24.2 Å². The van der Waals surface area contributed by atoms with Crippen molar-refractivity contribution in [1.82, 2.24) is 10.2 Å². The second kappa shape index (κ2) is 7.44. The first-order valence-corrected chi connectivity index (χ1v) is 7.87. The molecule has 1 aliphatic carbocycles. The van der Waals surface area contributed by atoms with Crippen LogP contribution < -0.4 is 11.1 Å². The quantitative estimate of drug-likeness (QED) is 0.776. The summed E-state index contributed by atoms with van der Waals surface area (Å²) in [7, 11) is 0. The lowest BCUT2D eigenvalue weighted by Gasteiger charge is -2.19. The number of amides is 1. The SMILES string of the molecule is CCN(CCNC(=O)c1ccc(C#CCN)s1)C1CC1. The average molecular weight is 291 g/mol. The summed E-state index contributed by atoms with van der Waals surface area (Å²) in [6.07, 6.45) is 2.60. The Morgan fingerprint density at radius 3 is 3.00 bits per heavy atom. The molecule has 0 bridgehead atoms. The minimum absolute atomic E-state index is 0.0114. The van der Waals surface area contributed by atoms with E-state index in [9.17, 15) is 4.79 Å². The largest absolute Gasteiger partial charge is 0.350 e. The number of hydrogen-bond acceptors (Lipinski definition) is 4. The summed E-state index contributed by atoms with van der Waals surface area (Å²) >= 11 is 1.41. The van der Waals surface area contributed by atoms with Gasteiger partial charge in [-0.1, -0.05) is 18.8 Å². The van der Waals surface area contributed by atoms with Crippen molar-refractivity contribution in [1.29, 1.82) is 0 Å². The number of nitrogens with one attached hydrogen (secondary N) is 1. The Morgan fingerprint density at radius 1 is 1.55 bits per heavy atom. The van der Waals surface area contributed by atoms with E-state index in [4.69, 9.17) is 5.73 Å². The van der Waals surface area contributed by atoms with Crippen LogP contribution in [0.2, 0.25) is 0 Å². The Morgan fingerprint density at radius 2 is 2.35 bits per heavy atom. The standard InChI is InChI=1S/C15H21N3OS/c1-2-18(12-5-6-12)11-10-17-15(19)14-8-7-13(20-14)4-3-9-16/h7-8,12H,2,5-6,9-11,16H2,1H3,(H,17,19). The molecule has 1 heterocycles. The Hall–Kier alpha value is -1.35. The van der Waals surface area contributed by atoms with E-state index in [1.54, 1.807) is 0 Å². The maximum Gasteiger partial charge on any atom is 0.261 e. The molecular formula is C15H21N3OS. The third-order valence-electron chi connectivity index (χ3n) is 3.30. The third-order valence-corrected chi connectivity index (χ3v) is 4.30.